The molecule has 0 aliphatic carbocycles. The van der Waals surface area contributed by atoms with Crippen LogP contribution in [-0.4, -0.2) is 28.1 Å². The number of fused-ring (bicyclic) bond motifs is 1. The van der Waals surface area contributed by atoms with Crippen molar-refractivity contribution in [2.24, 2.45) is 0 Å². The van der Waals surface area contributed by atoms with E-state index >= 15 is 0 Å². The highest BCUT2D eigenvalue weighted by atomic mass is 19.1. The monoisotopic (exact) mass is 451 g/mol. The van der Waals surface area contributed by atoms with Crippen molar-refractivity contribution >= 4 is 17.1 Å². The van der Waals surface area contributed by atoms with Gasteiger partial charge in [-0.15, -0.1) is 0 Å². The molecule has 2 aromatic heterocycles. The first-order valence-electron chi connectivity index (χ1n) is 10.9. The van der Waals surface area contributed by atoms with E-state index in [1.807, 2.05) is 26.8 Å². The summed E-state index contributed by atoms with van der Waals surface area (Å²) in [5.41, 5.74) is 0.705. The van der Waals surface area contributed by atoms with Gasteiger partial charge in [-0.3, -0.25) is 9.88 Å². The maximum Gasteiger partial charge on any atom is 0.410 e. The van der Waals surface area contributed by atoms with Gasteiger partial charge in [0.2, 0.25) is 0 Å². The Morgan fingerprint density at radius 2 is 2.18 bits per heavy atom. The van der Waals surface area contributed by atoms with Crippen molar-refractivity contribution in [1.82, 2.24) is 9.88 Å². The summed E-state index contributed by atoms with van der Waals surface area (Å²) in [5.74, 6) is -0.117. The average molecular weight is 451 g/mol. The topological polar surface area (TPSA) is 88.6 Å². The molecule has 0 spiro atoms. The summed E-state index contributed by atoms with van der Waals surface area (Å²) < 4.78 is 31.8. The predicted octanol–water partition coefficient (Wildman–Crippen LogP) is 5.88. The molecule has 1 aliphatic rings. The molecule has 1 fully saturated rings. The molecule has 4 rings (SSSR count). The van der Waals surface area contributed by atoms with Crippen LogP contribution >= 0.6 is 0 Å². The minimum Gasteiger partial charge on any atom is -0.487 e. The SMILES string of the molecule is CC(C)(C)OC(=O)N1CCCCC1c1ncccc1OCc1c(F)cc(C#N)c2ccoc12. The van der Waals surface area contributed by atoms with E-state index in [0.29, 0.717) is 23.4 Å². The molecular weight excluding hydrogens is 425 g/mol. The summed E-state index contributed by atoms with van der Waals surface area (Å²) in [4.78, 5) is 19.1. The van der Waals surface area contributed by atoms with Crippen LogP contribution in [0.4, 0.5) is 9.18 Å². The number of aromatic nitrogens is 1. The number of ether oxygens (including phenoxy) is 2. The molecule has 8 heteroatoms. The Morgan fingerprint density at radius 3 is 2.94 bits per heavy atom. The third-order valence-corrected chi connectivity index (χ3v) is 5.53. The van der Waals surface area contributed by atoms with E-state index in [4.69, 9.17) is 13.9 Å². The lowest BCUT2D eigenvalue weighted by atomic mass is 9.98. The first-order valence-corrected chi connectivity index (χ1v) is 10.9. The summed E-state index contributed by atoms with van der Waals surface area (Å²) in [6.07, 6.45) is 5.23. The Hall–Kier alpha value is -3.60. The number of nitrogens with zero attached hydrogens (tertiary/aromatic N) is 3. The zero-order valence-corrected chi connectivity index (χ0v) is 18.9. The van der Waals surface area contributed by atoms with E-state index in [-0.39, 0.29) is 35.5 Å². The number of benzene rings is 1. The van der Waals surface area contributed by atoms with Crippen molar-refractivity contribution in [3.63, 3.8) is 0 Å². The van der Waals surface area contributed by atoms with E-state index < -0.39 is 11.4 Å². The molecule has 1 atom stereocenters. The Morgan fingerprint density at radius 1 is 1.36 bits per heavy atom. The maximum atomic E-state index is 14.8. The average Bonchev–Trinajstić information content (AvgIpc) is 3.27. The number of hydrogen-bond acceptors (Lipinski definition) is 6. The number of rotatable bonds is 4. The molecule has 33 heavy (non-hydrogen) atoms. The number of amides is 1. The van der Waals surface area contributed by atoms with Gasteiger partial charge in [-0.2, -0.15) is 5.26 Å². The largest absolute Gasteiger partial charge is 0.487 e. The van der Waals surface area contributed by atoms with Gasteiger partial charge in [-0.1, -0.05) is 0 Å². The smallest absolute Gasteiger partial charge is 0.410 e. The standard InChI is InChI=1S/C25H26FN3O4/c1-25(2,3)33-24(30)29-11-5-4-7-20(29)22-21(8-6-10-28-22)32-15-18-19(26)13-16(14-27)17-9-12-31-23(17)18/h6,8-10,12-13,20H,4-5,7,11,15H2,1-3H3. The van der Waals surface area contributed by atoms with E-state index in [0.717, 1.165) is 19.3 Å². The van der Waals surface area contributed by atoms with Crippen LogP contribution in [0.3, 0.4) is 0 Å². The molecule has 1 saturated heterocycles. The van der Waals surface area contributed by atoms with Crippen LogP contribution in [0, 0.1) is 17.1 Å². The number of carbonyl (C=O) groups excluding carboxylic acids is 1. The third kappa shape index (κ3) is 4.77. The van der Waals surface area contributed by atoms with E-state index in [1.54, 1.807) is 29.3 Å². The second kappa shape index (κ2) is 9.10. The van der Waals surface area contributed by atoms with Gasteiger partial charge in [0.25, 0.3) is 0 Å². The zero-order chi connectivity index (χ0) is 23.6. The number of carbonyl (C=O) groups is 1. The van der Waals surface area contributed by atoms with Crippen LogP contribution in [0.2, 0.25) is 0 Å². The van der Waals surface area contributed by atoms with E-state index in [1.165, 1.54) is 12.3 Å². The summed E-state index contributed by atoms with van der Waals surface area (Å²) >= 11 is 0. The molecular formula is C25H26FN3O4. The van der Waals surface area contributed by atoms with Gasteiger partial charge < -0.3 is 13.9 Å². The fourth-order valence-corrected chi connectivity index (χ4v) is 4.06. The Balaban J connectivity index is 1.61. The van der Waals surface area contributed by atoms with Crippen LogP contribution in [0.5, 0.6) is 5.75 Å². The Labute approximate surface area is 191 Å². The molecule has 3 heterocycles. The van der Waals surface area contributed by atoms with Gasteiger partial charge in [0, 0.05) is 18.1 Å². The highest BCUT2D eigenvalue weighted by molar-refractivity contribution is 5.86. The van der Waals surface area contributed by atoms with Crippen molar-refractivity contribution < 1.29 is 23.1 Å². The number of halogens is 1. The van der Waals surface area contributed by atoms with Gasteiger partial charge in [0.1, 0.15) is 35.1 Å². The van der Waals surface area contributed by atoms with Crippen molar-refractivity contribution in [3.8, 4) is 11.8 Å². The summed E-state index contributed by atoms with van der Waals surface area (Å²) in [5, 5.41) is 9.79. The number of piperidine rings is 1. The molecule has 0 saturated carbocycles. The second-order valence-electron chi connectivity index (χ2n) is 9.02. The lowest BCUT2D eigenvalue weighted by molar-refractivity contribution is 0.00865. The molecule has 1 aromatic carbocycles. The number of nitriles is 1. The van der Waals surface area contributed by atoms with Crippen molar-refractivity contribution in [2.75, 3.05) is 6.54 Å². The molecule has 7 nitrogen and oxygen atoms in total. The van der Waals surface area contributed by atoms with Crippen molar-refractivity contribution in [1.29, 1.82) is 5.26 Å². The molecule has 0 radical (unpaired) electrons. The number of pyridine rings is 1. The Kier molecular flexibility index (Phi) is 6.23. The highest BCUT2D eigenvalue weighted by Gasteiger charge is 2.34. The lowest BCUT2D eigenvalue weighted by Crippen LogP contribution is -2.42. The third-order valence-electron chi connectivity index (χ3n) is 5.53. The summed E-state index contributed by atoms with van der Waals surface area (Å²) in [6.45, 7) is 5.95. The van der Waals surface area contributed by atoms with Crippen LogP contribution in [0.15, 0.2) is 41.1 Å². The van der Waals surface area contributed by atoms with Gasteiger partial charge >= 0.3 is 6.09 Å². The van der Waals surface area contributed by atoms with Crippen LogP contribution in [0.1, 0.15) is 62.9 Å². The fraction of sp³-hybridized carbons (Fsp3) is 0.400. The molecule has 1 unspecified atom stereocenters. The highest BCUT2D eigenvalue weighted by Crippen LogP contribution is 2.36. The molecule has 1 aliphatic heterocycles. The Bertz CT molecular complexity index is 1210. The normalized spacial score (nSPS) is 16.5. The summed E-state index contributed by atoms with van der Waals surface area (Å²) in [7, 11) is 0. The quantitative estimate of drug-likeness (QED) is 0.492. The number of hydrogen-bond donors (Lipinski definition) is 0. The molecule has 1 amide bonds. The predicted molar refractivity (Wildman–Crippen MR) is 119 cm³/mol. The lowest BCUT2D eigenvalue weighted by Gasteiger charge is -2.36. The van der Waals surface area contributed by atoms with Gasteiger partial charge in [0.15, 0.2) is 0 Å². The maximum absolute atomic E-state index is 14.8. The van der Waals surface area contributed by atoms with Gasteiger partial charge in [-0.05, 0) is 64.3 Å². The van der Waals surface area contributed by atoms with E-state index in [2.05, 4.69) is 4.98 Å². The van der Waals surface area contributed by atoms with Crippen molar-refractivity contribution in [2.45, 2.75) is 58.3 Å². The minimum absolute atomic E-state index is 0.112. The van der Waals surface area contributed by atoms with Crippen LogP contribution in [0.25, 0.3) is 11.0 Å². The van der Waals surface area contributed by atoms with E-state index in [9.17, 15) is 14.4 Å². The summed E-state index contributed by atoms with van der Waals surface area (Å²) in [6, 6.07) is 7.98. The first kappa shape index (κ1) is 22.6. The molecule has 0 N–H and O–H groups in total. The van der Waals surface area contributed by atoms with Crippen molar-refractivity contribution in [3.05, 3.63) is 59.4 Å². The fourth-order valence-electron chi connectivity index (χ4n) is 4.06. The number of furan rings is 1. The zero-order valence-electron chi connectivity index (χ0n) is 18.9. The van der Waals surface area contributed by atoms with Gasteiger partial charge in [-0.25, -0.2) is 9.18 Å². The van der Waals surface area contributed by atoms with Crippen LogP contribution in [-0.2, 0) is 11.3 Å². The minimum atomic E-state index is -0.607. The molecule has 3 aromatic rings. The molecule has 172 valence electrons. The van der Waals surface area contributed by atoms with Gasteiger partial charge in [0.05, 0.1) is 29.5 Å². The first-order chi connectivity index (χ1) is 15.8. The van der Waals surface area contributed by atoms with Crippen LogP contribution < -0.4 is 4.74 Å². The number of likely N-dealkylation sites (tertiary alicyclic amines) is 1. The second-order valence-corrected chi connectivity index (χ2v) is 9.02. The molecule has 0 bridgehead atoms.